The summed E-state index contributed by atoms with van der Waals surface area (Å²) in [6, 6.07) is 9.16. The van der Waals surface area contributed by atoms with Crippen molar-refractivity contribution in [1.29, 1.82) is 0 Å². The lowest BCUT2D eigenvalue weighted by molar-refractivity contribution is 0.0768. The fourth-order valence-electron chi connectivity index (χ4n) is 3.93. The van der Waals surface area contributed by atoms with Gasteiger partial charge in [0.1, 0.15) is 11.9 Å². The predicted molar refractivity (Wildman–Crippen MR) is 91.0 cm³/mol. The first-order chi connectivity index (χ1) is 11.4. The molecule has 1 saturated carbocycles. The van der Waals surface area contributed by atoms with Gasteiger partial charge in [0.2, 0.25) is 0 Å². The third-order valence-corrected chi connectivity index (χ3v) is 5.26. The van der Waals surface area contributed by atoms with Crippen LogP contribution in [0.2, 0.25) is 0 Å². The Hall–Kier alpha value is -1.81. The normalized spacial score (nSPS) is 20.9. The topological polar surface area (TPSA) is 30.3 Å². The van der Waals surface area contributed by atoms with E-state index in [9.17, 15) is 0 Å². The van der Waals surface area contributed by atoms with Gasteiger partial charge in [-0.3, -0.25) is 0 Å². The molecule has 0 bridgehead atoms. The molecular formula is C19H25N3O. The zero-order chi connectivity index (χ0) is 15.5. The van der Waals surface area contributed by atoms with Crippen molar-refractivity contribution in [3.05, 3.63) is 43.0 Å². The van der Waals surface area contributed by atoms with Gasteiger partial charge in [0.15, 0.2) is 0 Å². The van der Waals surface area contributed by atoms with Crippen LogP contribution in [0.3, 0.4) is 0 Å². The Morgan fingerprint density at radius 1 is 0.957 bits per heavy atom. The molecule has 1 saturated heterocycles. The monoisotopic (exact) mass is 311 g/mol. The molecular weight excluding hydrogens is 286 g/mol. The lowest BCUT2D eigenvalue weighted by Gasteiger charge is -2.36. The Morgan fingerprint density at radius 3 is 2.35 bits per heavy atom. The van der Waals surface area contributed by atoms with Crippen LogP contribution in [0.1, 0.15) is 38.5 Å². The molecule has 4 heteroatoms. The smallest absolute Gasteiger partial charge is 0.119 e. The standard InChI is InChI=1S/C19H25N3O/c1-2-4-16(3-1)21-12-9-19(10-13-21)23-18-7-5-17(6-8-18)22-14-11-20-15-22/h5-8,11,14-16,19H,1-4,9-10,12-13H2. The third kappa shape index (κ3) is 3.42. The fourth-order valence-corrected chi connectivity index (χ4v) is 3.93. The lowest BCUT2D eigenvalue weighted by atomic mass is 10.0. The van der Waals surface area contributed by atoms with Crippen molar-refractivity contribution in [1.82, 2.24) is 14.5 Å². The molecule has 2 aromatic rings. The minimum absolute atomic E-state index is 0.367. The molecule has 122 valence electrons. The van der Waals surface area contributed by atoms with Crippen LogP contribution < -0.4 is 4.74 Å². The highest BCUT2D eigenvalue weighted by molar-refractivity contribution is 5.37. The Balaban J connectivity index is 1.31. The fraction of sp³-hybridized carbons (Fsp3) is 0.526. The summed E-state index contributed by atoms with van der Waals surface area (Å²) in [4.78, 5) is 6.77. The van der Waals surface area contributed by atoms with Crippen molar-refractivity contribution in [2.45, 2.75) is 50.7 Å². The highest BCUT2D eigenvalue weighted by Gasteiger charge is 2.27. The molecule has 0 amide bonds. The van der Waals surface area contributed by atoms with Crippen molar-refractivity contribution < 1.29 is 4.74 Å². The maximum atomic E-state index is 6.19. The maximum absolute atomic E-state index is 6.19. The number of benzene rings is 1. The number of hydrogen-bond acceptors (Lipinski definition) is 3. The molecule has 1 aromatic carbocycles. The number of imidazole rings is 1. The molecule has 23 heavy (non-hydrogen) atoms. The quantitative estimate of drug-likeness (QED) is 0.863. The molecule has 2 heterocycles. The molecule has 0 spiro atoms. The van der Waals surface area contributed by atoms with Crippen molar-refractivity contribution in [3.8, 4) is 11.4 Å². The van der Waals surface area contributed by atoms with Gasteiger partial charge in [0, 0.05) is 37.2 Å². The summed E-state index contributed by atoms with van der Waals surface area (Å²) in [6.07, 6.45) is 13.9. The predicted octanol–water partition coefficient (Wildman–Crippen LogP) is 3.66. The molecule has 2 aliphatic rings. The summed E-state index contributed by atoms with van der Waals surface area (Å²) in [5.74, 6) is 0.980. The van der Waals surface area contributed by atoms with Gasteiger partial charge in [-0.05, 0) is 49.9 Å². The highest BCUT2D eigenvalue weighted by Crippen LogP contribution is 2.27. The first kappa shape index (κ1) is 14.8. The molecule has 1 aliphatic heterocycles. The van der Waals surface area contributed by atoms with Crippen LogP contribution in [0.4, 0.5) is 0 Å². The minimum atomic E-state index is 0.367. The third-order valence-electron chi connectivity index (χ3n) is 5.26. The highest BCUT2D eigenvalue weighted by atomic mass is 16.5. The molecule has 1 aliphatic carbocycles. The van der Waals surface area contributed by atoms with E-state index >= 15 is 0 Å². The van der Waals surface area contributed by atoms with Crippen LogP contribution in [-0.4, -0.2) is 39.7 Å². The minimum Gasteiger partial charge on any atom is -0.490 e. The first-order valence-electron chi connectivity index (χ1n) is 8.87. The Bertz CT molecular complexity index is 594. The zero-order valence-corrected chi connectivity index (χ0v) is 13.6. The van der Waals surface area contributed by atoms with E-state index in [2.05, 4.69) is 34.1 Å². The molecule has 4 nitrogen and oxygen atoms in total. The Labute approximate surface area is 138 Å². The van der Waals surface area contributed by atoms with Crippen molar-refractivity contribution in [2.75, 3.05) is 13.1 Å². The second-order valence-electron chi connectivity index (χ2n) is 6.76. The Morgan fingerprint density at radius 2 is 1.70 bits per heavy atom. The van der Waals surface area contributed by atoms with Gasteiger partial charge in [-0.15, -0.1) is 0 Å². The number of hydrogen-bond donors (Lipinski definition) is 0. The molecule has 2 fully saturated rings. The van der Waals surface area contributed by atoms with Crippen LogP contribution in [-0.2, 0) is 0 Å². The van der Waals surface area contributed by atoms with E-state index in [0.29, 0.717) is 6.10 Å². The van der Waals surface area contributed by atoms with Crippen molar-refractivity contribution in [3.63, 3.8) is 0 Å². The summed E-state index contributed by atoms with van der Waals surface area (Å²) in [5, 5.41) is 0. The maximum Gasteiger partial charge on any atom is 0.119 e. The number of aromatic nitrogens is 2. The lowest BCUT2D eigenvalue weighted by Crippen LogP contribution is -2.43. The molecule has 1 aromatic heterocycles. The summed E-state index contributed by atoms with van der Waals surface area (Å²) < 4.78 is 8.19. The van der Waals surface area contributed by atoms with E-state index in [1.807, 2.05) is 17.1 Å². The molecule has 0 unspecified atom stereocenters. The van der Waals surface area contributed by atoms with E-state index in [-0.39, 0.29) is 0 Å². The second kappa shape index (κ2) is 6.75. The average molecular weight is 311 g/mol. The van der Waals surface area contributed by atoms with E-state index in [1.165, 1.54) is 38.8 Å². The van der Waals surface area contributed by atoms with Gasteiger partial charge in [0.25, 0.3) is 0 Å². The number of rotatable bonds is 4. The largest absolute Gasteiger partial charge is 0.490 e. The van der Waals surface area contributed by atoms with E-state index in [0.717, 1.165) is 30.3 Å². The van der Waals surface area contributed by atoms with E-state index in [1.54, 1.807) is 6.20 Å². The molecule has 0 atom stereocenters. The van der Waals surface area contributed by atoms with Gasteiger partial charge in [-0.1, -0.05) is 12.8 Å². The van der Waals surface area contributed by atoms with Crippen LogP contribution in [0, 0.1) is 0 Å². The van der Waals surface area contributed by atoms with Crippen molar-refractivity contribution >= 4 is 0 Å². The number of piperidine rings is 1. The SMILES string of the molecule is c1cn(-c2ccc(OC3CCN(C4CCCC4)CC3)cc2)cn1. The summed E-state index contributed by atoms with van der Waals surface area (Å²) in [5.41, 5.74) is 1.12. The van der Waals surface area contributed by atoms with Crippen LogP contribution in [0.25, 0.3) is 5.69 Å². The second-order valence-corrected chi connectivity index (χ2v) is 6.76. The summed E-state index contributed by atoms with van der Waals surface area (Å²) in [6.45, 7) is 2.39. The van der Waals surface area contributed by atoms with Crippen LogP contribution in [0.15, 0.2) is 43.0 Å². The average Bonchev–Trinajstić information content (AvgIpc) is 3.30. The Kier molecular flexibility index (Phi) is 4.33. The molecule has 4 rings (SSSR count). The van der Waals surface area contributed by atoms with Crippen LogP contribution in [0.5, 0.6) is 5.75 Å². The van der Waals surface area contributed by atoms with Gasteiger partial charge >= 0.3 is 0 Å². The number of ether oxygens (including phenoxy) is 1. The van der Waals surface area contributed by atoms with E-state index < -0.39 is 0 Å². The van der Waals surface area contributed by atoms with Crippen LogP contribution >= 0.6 is 0 Å². The first-order valence-corrected chi connectivity index (χ1v) is 8.87. The summed E-state index contributed by atoms with van der Waals surface area (Å²) >= 11 is 0. The van der Waals surface area contributed by atoms with E-state index in [4.69, 9.17) is 4.74 Å². The molecule has 0 radical (unpaired) electrons. The molecule has 0 N–H and O–H groups in total. The van der Waals surface area contributed by atoms with Gasteiger partial charge in [-0.2, -0.15) is 0 Å². The summed E-state index contributed by atoms with van der Waals surface area (Å²) in [7, 11) is 0. The van der Waals surface area contributed by atoms with Crippen molar-refractivity contribution in [2.24, 2.45) is 0 Å². The van der Waals surface area contributed by atoms with Gasteiger partial charge in [0.05, 0.1) is 6.33 Å². The van der Waals surface area contributed by atoms with Gasteiger partial charge in [-0.25, -0.2) is 4.98 Å². The number of nitrogens with zero attached hydrogens (tertiary/aromatic N) is 3. The number of likely N-dealkylation sites (tertiary alicyclic amines) is 1. The van der Waals surface area contributed by atoms with Gasteiger partial charge < -0.3 is 14.2 Å². The zero-order valence-electron chi connectivity index (χ0n) is 13.6.